The number of halogens is 1. The van der Waals surface area contributed by atoms with Crippen LogP contribution in [-0.2, 0) is 9.59 Å². The van der Waals surface area contributed by atoms with E-state index in [0.29, 0.717) is 12.8 Å². The lowest BCUT2D eigenvalue weighted by molar-refractivity contribution is -0.146. The van der Waals surface area contributed by atoms with Gasteiger partial charge in [-0.25, -0.2) is 4.98 Å². The van der Waals surface area contributed by atoms with Gasteiger partial charge < -0.3 is 4.90 Å². The molecule has 1 unspecified atom stereocenters. The van der Waals surface area contributed by atoms with Gasteiger partial charge in [-0.2, -0.15) is 0 Å². The molecular weight excluding hydrogens is 316 g/mol. The normalized spacial score (nSPS) is 20.6. The van der Waals surface area contributed by atoms with Gasteiger partial charge >= 0.3 is 0 Å². The van der Waals surface area contributed by atoms with Crippen molar-refractivity contribution in [3.05, 3.63) is 24.4 Å². The van der Waals surface area contributed by atoms with Crippen molar-refractivity contribution in [2.45, 2.75) is 32.4 Å². The molecule has 0 spiro atoms. The third-order valence-electron chi connectivity index (χ3n) is 4.46. The van der Waals surface area contributed by atoms with E-state index in [1.165, 1.54) is 4.90 Å². The first-order chi connectivity index (χ1) is 10.7. The molecule has 2 aliphatic heterocycles. The zero-order chi connectivity index (χ0) is 15.5. The lowest BCUT2D eigenvalue weighted by Gasteiger charge is -2.42. The number of anilines is 1. The van der Waals surface area contributed by atoms with E-state index in [0.717, 1.165) is 38.4 Å². The first-order valence-corrected chi connectivity index (χ1v) is 7.95. The number of likely N-dealkylation sites (tertiary alicyclic amines) is 1. The van der Waals surface area contributed by atoms with Crippen LogP contribution in [0.2, 0.25) is 0 Å². The molecule has 2 saturated heterocycles. The van der Waals surface area contributed by atoms with Crippen LogP contribution in [0.3, 0.4) is 0 Å². The highest BCUT2D eigenvalue weighted by Gasteiger charge is 2.37. The summed E-state index contributed by atoms with van der Waals surface area (Å²) in [4.78, 5) is 34.3. The molecule has 2 amide bonds. The second-order valence-electron chi connectivity index (χ2n) is 5.76. The summed E-state index contributed by atoms with van der Waals surface area (Å²) in [7, 11) is 0. The Bertz CT molecular complexity index is 530. The molecule has 0 bridgehead atoms. The molecule has 3 heterocycles. The van der Waals surface area contributed by atoms with Crippen molar-refractivity contribution in [3.63, 3.8) is 0 Å². The van der Waals surface area contributed by atoms with E-state index < -0.39 is 0 Å². The maximum atomic E-state index is 12.0. The second-order valence-corrected chi connectivity index (χ2v) is 5.76. The zero-order valence-corrected chi connectivity index (χ0v) is 14.2. The minimum Gasteiger partial charge on any atom is -0.354 e. The number of nitrogens with zero attached hydrogens (tertiary/aromatic N) is 4. The fourth-order valence-corrected chi connectivity index (χ4v) is 3.32. The Hall–Kier alpha value is -1.66. The molecular formula is C16H23ClN4O2. The van der Waals surface area contributed by atoms with Crippen LogP contribution < -0.4 is 4.90 Å². The highest BCUT2D eigenvalue weighted by molar-refractivity contribution is 6.02. The van der Waals surface area contributed by atoms with Crippen molar-refractivity contribution in [2.75, 3.05) is 31.1 Å². The van der Waals surface area contributed by atoms with E-state index in [2.05, 4.69) is 14.8 Å². The quantitative estimate of drug-likeness (QED) is 0.779. The molecule has 1 aromatic heterocycles. The molecule has 0 radical (unpaired) electrons. The molecule has 23 heavy (non-hydrogen) atoms. The minimum absolute atomic E-state index is 0. The van der Waals surface area contributed by atoms with E-state index in [4.69, 9.17) is 0 Å². The predicted octanol–water partition coefficient (Wildman–Crippen LogP) is 1.51. The Balaban J connectivity index is 0.00000192. The number of hydrogen-bond donors (Lipinski definition) is 0. The van der Waals surface area contributed by atoms with Crippen molar-refractivity contribution in [3.8, 4) is 0 Å². The van der Waals surface area contributed by atoms with Crippen LogP contribution in [0.25, 0.3) is 0 Å². The van der Waals surface area contributed by atoms with E-state index in [1.54, 1.807) is 6.20 Å². The number of piperazine rings is 1. The highest BCUT2D eigenvalue weighted by atomic mass is 35.5. The summed E-state index contributed by atoms with van der Waals surface area (Å²) in [6.07, 6.45) is 3.22. The average molecular weight is 339 g/mol. The molecule has 0 saturated carbocycles. The van der Waals surface area contributed by atoms with E-state index >= 15 is 0 Å². The molecule has 0 aliphatic carbocycles. The van der Waals surface area contributed by atoms with E-state index in [1.807, 2.05) is 25.1 Å². The van der Waals surface area contributed by atoms with Gasteiger partial charge in [0.1, 0.15) is 5.82 Å². The van der Waals surface area contributed by atoms with Crippen LogP contribution in [-0.4, -0.2) is 58.9 Å². The molecule has 1 atom stereocenters. The Morgan fingerprint density at radius 1 is 1.09 bits per heavy atom. The number of pyridine rings is 1. The Labute approximate surface area is 142 Å². The molecule has 3 rings (SSSR count). The smallest absolute Gasteiger partial charge is 0.231 e. The largest absolute Gasteiger partial charge is 0.354 e. The van der Waals surface area contributed by atoms with Crippen LogP contribution in [0.15, 0.2) is 24.4 Å². The topological polar surface area (TPSA) is 56.8 Å². The highest BCUT2D eigenvalue weighted by Crippen LogP contribution is 2.22. The van der Waals surface area contributed by atoms with Gasteiger partial charge in [0.05, 0.1) is 6.17 Å². The molecule has 2 aliphatic rings. The number of carbonyl (C=O) groups is 2. The van der Waals surface area contributed by atoms with Gasteiger partial charge in [-0.1, -0.05) is 13.0 Å². The molecule has 1 aromatic rings. The van der Waals surface area contributed by atoms with Crippen molar-refractivity contribution >= 4 is 30.0 Å². The van der Waals surface area contributed by atoms with Crippen LogP contribution in [0.5, 0.6) is 0 Å². The van der Waals surface area contributed by atoms with Crippen LogP contribution in [0.4, 0.5) is 5.82 Å². The molecule has 6 nitrogen and oxygen atoms in total. The summed E-state index contributed by atoms with van der Waals surface area (Å²) in [5.41, 5.74) is 0. The van der Waals surface area contributed by atoms with E-state index in [-0.39, 0.29) is 30.4 Å². The van der Waals surface area contributed by atoms with Crippen molar-refractivity contribution in [2.24, 2.45) is 0 Å². The first kappa shape index (κ1) is 17.7. The summed E-state index contributed by atoms with van der Waals surface area (Å²) in [5, 5.41) is 0. The molecule has 126 valence electrons. The zero-order valence-electron chi connectivity index (χ0n) is 13.4. The van der Waals surface area contributed by atoms with Crippen molar-refractivity contribution in [1.82, 2.24) is 14.8 Å². The number of aromatic nitrogens is 1. The average Bonchev–Trinajstić information content (AvgIpc) is 2.90. The van der Waals surface area contributed by atoms with Crippen molar-refractivity contribution in [1.29, 1.82) is 0 Å². The molecule has 7 heteroatoms. The monoisotopic (exact) mass is 338 g/mol. The lowest BCUT2D eigenvalue weighted by Crippen LogP contribution is -2.57. The Kier molecular flexibility index (Phi) is 5.96. The number of amides is 2. The standard InChI is InChI=1S/C16H22N4O2.ClH/c1-2-14(20-15(21)6-7-16(20)22)19-11-9-18(10-12-19)13-5-3-4-8-17-13;/h3-5,8,14H,2,6-7,9-12H2,1H3;1H. The lowest BCUT2D eigenvalue weighted by atomic mass is 10.2. The number of carbonyl (C=O) groups excluding carboxylic acids is 2. The summed E-state index contributed by atoms with van der Waals surface area (Å²) in [6.45, 7) is 5.44. The summed E-state index contributed by atoms with van der Waals surface area (Å²) >= 11 is 0. The number of imide groups is 1. The maximum Gasteiger partial charge on any atom is 0.231 e. The Morgan fingerprint density at radius 3 is 2.26 bits per heavy atom. The number of hydrogen-bond acceptors (Lipinski definition) is 5. The second kappa shape index (κ2) is 7.75. The predicted molar refractivity (Wildman–Crippen MR) is 90.4 cm³/mol. The first-order valence-electron chi connectivity index (χ1n) is 7.95. The summed E-state index contributed by atoms with van der Waals surface area (Å²) in [5.74, 6) is 0.941. The van der Waals surface area contributed by atoms with Gasteiger partial charge in [-0.05, 0) is 18.6 Å². The SMILES string of the molecule is CCC(N1CCN(c2ccccn2)CC1)N1C(=O)CCC1=O.Cl. The van der Waals surface area contributed by atoms with Crippen molar-refractivity contribution < 1.29 is 9.59 Å². The third-order valence-corrected chi connectivity index (χ3v) is 4.46. The van der Waals surface area contributed by atoms with Gasteiger partial charge in [-0.3, -0.25) is 19.4 Å². The fourth-order valence-electron chi connectivity index (χ4n) is 3.32. The van der Waals surface area contributed by atoms with Crippen LogP contribution in [0, 0.1) is 0 Å². The summed E-state index contributed by atoms with van der Waals surface area (Å²) < 4.78 is 0. The van der Waals surface area contributed by atoms with Gasteiger partial charge in [-0.15, -0.1) is 12.4 Å². The molecule has 0 N–H and O–H groups in total. The maximum absolute atomic E-state index is 12.0. The fraction of sp³-hybridized carbons (Fsp3) is 0.562. The minimum atomic E-state index is -0.0895. The molecule has 2 fully saturated rings. The Morgan fingerprint density at radius 2 is 1.74 bits per heavy atom. The van der Waals surface area contributed by atoms with Crippen LogP contribution >= 0.6 is 12.4 Å². The van der Waals surface area contributed by atoms with Gasteiger partial charge in [0.15, 0.2) is 0 Å². The van der Waals surface area contributed by atoms with Crippen LogP contribution in [0.1, 0.15) is 26.2 Å². The summed E-state index contributed by atoms with van der Waals surface area (Å²) in [6, 6.07) is 5.92. The van der Waals surface area contributed by atoms with Gasteiger partial charge in [0, 0.05) is 45.2 Å². The van der Waals surface area contributed by atoms with Gasteiger partial charge in [0.2, 0.25) is 11.8 Å². The molecule has 0 aromatic carbocycles. The third kappa shape index (κ3) is 3.64. The number of rotatable bonds is 4. The van der Waals surface area contributed by atoms with Gasteiger partial charge in [0.25, 0.3) is 0 Å². The van der Waals surface area contributed by atoms with E-state index in [9.17, 15) is 9.59 Å².